The highest BCUT2D eigenvalue weighted by molar-refractivity contribution is 4.73. The van der Waals surface area contributed by atoms with Crippen LogP contribution < -0.4 is 11.3 Å². The summed E-state index contributed by atoms with van der Waals surface area (Å²) in [6.07, 6.45) is 0.171. The average molecular weight is 146 g/mol. The summed E-state index contributed by atoms with van der Waals surface area (Å²) in [7, 11) is 1.69. The number of hydrogen-bond donors (Lipinski definition) is 2. The molecule has 0 rings (SSSR count). The minimum Gasteiger partial charge on any atom is -0.380 e. The third kappa shape index (κ3) is 2.64. The molecule has 0 aliphatic heterocycles. The highest BCUT2D eigenvalue weighted by Crippen LogP contribution is 2.06. The van der Waals surface area contributed by atoms with Crippen molar-refractivity contribution < 1.29 is 4.74 Å². The largest absolute Gasteiger partial charge is 0.380 e. The van der Waals surface area contributed by atoms with E-state index in [-0.39, 0.29) is 12.1 Å². The molecule has 3 heteroatoms. The molecule has 2 unspecified atom stereocenters. The molecule has 0 saturated carbocycles. The molecule has 0 aliphatic carbocycles. The maximum absolute atomic E-state index is 5.32. The van der Waals surface area contributed by atoms with Crippen LogP contribution in [0.4, 0.5) is 0 Å². The lowest BCUT2D eigenvalue weighted by Gasteiger charge is -2.25. The Balaban J connectivity index is 3.80. The van der Waals surface area contributed by atoms with Crippen LogP contribution >= 0.6 is 0 Å². The summed E-state index contributed by atoms with van der Waals surface area (Å²) >= 11 is 0. The Morgan fingerprint density at radius 1 is 1.30 bits per heavy atom. The van der Waals surface area contributed by atoms with Crippen molar-refractivity contribution in [3.8, 4) is 0 Å². The molecule has 0 aromatic rings. The molecule has 62 valence electrons. The summed E-state index contributed by atoms with van der Waals surface area (Å²) < 4.78 is 5.12. The van der Waals surface area contributed by atoms with Crippen molar-refractivity contribution >= 4 is 0 Å². The molecule has 0 saturated heterocycles. The zero-order valence-electron chi connectivity index (χ0n) is 7.22. The second-order valence-electron chi connectivity index (χ2n) is 2.88. The lowest BCUT2D eigenvalue weighted by Crippen LogP contribution is -2.46. The summed E-state index contributed by atoms with van der Waals surface area (Å²) in [6, 6.07) is 0.241. The number of methoxy groups -OCH3 is 1. The molecule has 0 aliphatic rings. The van der Waals surface area contributed by atoms with Gasteiger partial charge in [-0.05, 0) is 12.8 Å². The van der Waals surface area contributed by atoms with E-state index >= 15 is 0 Å². The summed E-state index contributed by atoms with van der Waals surface area (Å²) in [5.41, 5.74) is 2.73. The molecule has 0 bridgehead atoms. The van der Waals surface area contributed by atoms with Gasteiger partial charge >= 0.3 is 0 Å². The zero-order chi connectivity index (χ0) is 8.15. The molecule has 0 heterocycles. The monoisotopic (exact) mass is 146 g/mol. The van der Waals surface area contributed by atoms with Gasteiger partial charge in [0.05, 0.1) is 6.10 Å². The van der Waals surface area contributed by atoms with E-state index in [2.05, 4.69) is 19.3 Å². The van der Waals surface area contributed by atoms with Gasteiger partial charge in [-0.3, -0.25) is 11.3 Å². The quantitative estimate of drug-likeness (QED) is 0.449. The van der Waals surface area contributed by atoms with E-state index in [0.29, 0.717) is 5.92 Å². The van der Waals surface area contributed by atoms with Gasteiger partial charge in [0.1, 0.15) is 0 Å². The fourth-order valence-corrected chi connectivity index (χ4v) is 1.02. The number of hydrazine groups is 1. The third-order valence-electron chi connectivity index (χ3n) is 1.79. The van der Waals surface area contributed by atoms with Crippen molar-refractivity contribution in [2.45, 2.75) is 32.9 Å². The van der Waals surface area contributed by atoms with Gasteiger partial charge in [0, 0.05) is 13.2 Å². The van der Waals surface area contributed by atoms with Crippen molar-refractivity contribution in [1.82, 2.24) is 5.43 Å². The van der Waals surface area contributed by atoms with Crippen LogP contribution in [0.2, 0.25) is 0 Å². The first-order valence-corrected chi connectivity index (χ1v) is 3.62. The van der Waals surface area contributed by atoms with Crippen molar-refractivity contribution in [1.29, 1.82) is 0 Å². The topological polar surface area (TPSA) is 47.3 Å². The Morgan fingerprint density at radius 3 is 1.90 bits per heavy atom. The number of ether oxygens (including phenoxy) is 1. The van der Waals surface area contributed by atoms with E-state index in [1.807, 2.05) is 6.92 Å². The lowest BCUT2D eigenvalue weighted by molar-refractivity contribution is 0.0671. The summed E-state index contributed by atoms with van der Waals surface area (Å²) in [5.74, 6) is 5.82. The molecule has 2 atom stereocenters. The van der Waals surface area contributed by atoms with E-state index in [1.165, 1.54) is 0 Å². The maximum atomic E-state index is 5.32. The van der Waals surface area contributed by atoms with Crippen LogP contribution in [-0.4, -0.2) is 19.3 Å². The predicted molar refractivity (Wildman–Crippen MR) is 42.4 cm³/mol. The molecule has 0 spiro atoms. The molecule has 3 nitrogen and oxygen atoms in total. The van der Waals surface area contributed by atoms with E-state index in [0.717, 1.165) is 0 Å². The Hall–Kier alpha value is -0.120. The Bertz CT molecular complexity index is 85.7. The molecular weight excluding hydrogens is 128 g/mol. The molecule has 0 aromatic carbocycles. The molecule has 10 heavy (non-hydrogen) atoms. The third-order valence-corrected chi connectivity index (χ3v) is 1.79. The van der Waals surface area contributed by atoms with Gasteiger partial charge in [-0.1, -0.05) is 13.8 Å². The van der Waals surface area contributed by atoms with Crippen LogP contribution in [0.25, 0.3) is 0 Å². The zero-order valence-corrected chi connectivity index (χ0v) is 7.22. The second kappa shape index (κ2) is 4.66. The van der Waals surface area contributed by atoms with Crippen LogP contribution in [0, 0.1) is 5.92 Å². The average Bonchev–Trinajstić information content (AvgIpc) is 1.88. The van der Waals surface area contributed by atoms with Crippen LogP contribution in [0.3, 0.4) is 0 Å². The minimum absolute atomic E-state index is 0.171. The maximum Gasteiger partial charge on any atom is 0.0712 e. The Morgan fingerprint density at radius 2 is 1.80 bits per heavy atom. The van der Waals surface area contributed by atoms with E-state index in [1.54, 1.807) is 7.11 Å². The molecule has 0 fully saturated rings. The SMILES string of the molecule is COC(C)C(NN)C(C)C. The first-order valence-electron chi connectivity index (χ1n) is 3.62. The van der Waals surface area contributed by atoms with Crippen molar-refractivity contribution in [3.63, 3.8) is 0 Å². The van der Waals surface area contributed by atoms with Crippen LogP contribution in [0.5, 0.6) is 0 Å². The molecule has 3 N–H and O–H groups in total. The second-order valence-corrected chi connectivity index (χ2v) is 2.88. The lowest BCUT2D eigenvalue weighted by atomic mass is 10.0. The highest BCUT2D eigenvalue weighted by Gasteiger charge is 2.18. The fourth-order valence-electron chi connectivity index (χ4n) is 1.02. The van der Waals surface area contributed by atoms with Gasteiger partial charge < -0.3 is 4.74 Å². The first-order chi connectivity index (χ1) is 4.63. The van der Waals surface area contributed by atoms with Crippen LogP contribution in [-0.2, 0) is 4.74 Å². The molecular formula is C7H18N2O. The number of hydrogen-bond acceptors (Lipinski definition) is 3. The number of nitrogens with one attached hydrogen (secondary N) is 1. The van der Waals surface area contributed by atoms with Gasteiger partial charge in [-0.15, -0.1) is 0 Å². The first kappa shape index (κ1) is 9.88. The van der Waals surface area contributed by atoms with Gasteiger partial charge in [-0.2, -0.15) is 0 Å². The summed E-state index contributed by atoms with van der Waals surface area (Å²) in [4.78, 5) is 0. The standard InChI is InChI=1S/C7H18N2O/c1-5(2)7(9-8)6(3)10-4/h5-7,9H,8H2,1-4H3. The summed E-state index contributed by atoms with van der Waals surface area (Å²) in [6.45, 7) is 6.23. The van der Waals surface area contributed by atoms with Gasteiger partial charge in [0.2, 0.25) is 0 Å². The summed E-state index contributed by atoms with van der Waals surface area (Å²) in [5, 5.41) is 0. The van der Waals surface area contributed by atoms with Crippen molar-refractivity contribution in [2.24, 2.45) is 11.8 Å². The van der Waals surface area contributed by atoms with Crippen LogP contribution in [0.1, 0.15) is 20.8 Å². The number of rotatable bonds is 4. The highest BCUT2D eigenvalue weighted by atomic mass is 16.5. The smallest absolute Gasteiger partial charge is 0.0712 e. The van der Waals surface area contributed by atoms with Gasteiger partial charge in [-0.25, -0.2) is 0 Å². The number of nitrogens with two attached hydrogens (primary N) is 1. The fraction of sp³-hybridized carbons (Fsp3) is 1.00. The van der Waals surface area contributed by atoms with Crippen molar-refractivity contribution in [2.75, 3.05) is 7.11 Å². The normalized spacial score (nSPS) is 17.4. The van der Waals surface area contributed by atoms with E-state index in [4.69, 9.17) is 10.6 Å². The predicted octanol–water partition coefficient (Wildman–Crippen LogP) is 0.509. The van der Waals surface area contributed by atoms with Crippen molar-refractivity contribution in [3.05, 3.63) is 0 Å². The van der Waals surface area contributed by atoms with E-state index < -0.39 is 0 Å². The van der Waals surface area contributed by atoms with E-state index in [9.17, 15) is 0 Å². The minimum atomic E-state index is 0.171. The Kier molecular flexibility index (Phi) is 4.60. The van der Waals surface area contributed by atoms with Gasteiger partial charge in [0.25, 0.3) is 0 Å². The molecule has 0 amide bonds. The van der Waals surface area contributed by atoms with Gasteiger partial charge in [0.15, 0.2) is 0 Å². The Labute approximate surface area is 62.9 Å². The van der Waals surface area contributed by atoms with Crippen LogP contribution in [0.15, 0.2) is 0 Å². The molecule has 0 aromatic heterocycles. The molecule has 0 radical (unpaired) electrons.